The van der Waals surface area contributed by atoms with Crippen molar-refractivity contribution in [3.8, 4) is 28.7 Å². The van der Waals surface area contributed by atoms with Crippen LogP contribution in [0.25, 0.3) is 23.0 Å². The Morgan fingerprint density at radius 2 is 1.81 bits per heavy atom. The van der Waals surface area contributed by atoms with E-state index in [0.29, 0.717) is 41.9 Å². The Balaban J connectivity index is 1.20. The number of aromatic nitrogens is 5. The number of rotatable bonds is 8. The van der Waals surface area contributed by atoms with Crippen LogP contribution in [0.1, 0.15) is 11.1 Å². The molecule has 8 heteroatoms. The van der Waals surface area contributed by atoms with E-state index < -0.39 is 0 Å². The van der Waals surface area contributed by atoms with Crippen molar-refractivity contribution in [2.45, 2.75) is 19.6 Å². The number of aromatic amines is 1. The summed E-state index contributed by atoms with van der Waals surface area (Å²) in [6.45, 7) is 1.20. The first-order valence-electron chi connectivity index (χ1n) is 10.3. The summed E-state index contributed by atoms with van der Waals surface area (Å²) in [6.07, 6.45) is 4.06. The van der Waals surface area contributed by atoms with Crippen LogP contribution in [0.15, 0.2) is 83.6 Å². The number of hydrogen-bond donors (Lipinski definition) is 2. The Bertz CT molecular complexity index is 1270. The Kier molecular flexibility index (Phi) is 5.40. The van der Waals surface area contributed by atoms with Crippen LogP contribution in [-0.4, -0.2) is 25.0 Å². The first-order chi connectivity index (χ1) is 15.8. The van der Waals surface area contributed by atoms with Crippen molar-refractivity contribution in [1.82, 2.24) is 25.0 Å². The molecule has 0 aliphatic heterocycles. The number of nitrogens with zero attached hydrogens (tertiary/aromatic N) is 4. The summed E-state index contributed by atoms with van der Waals surface area (Å²) in [5.41, 5.74) is 9.31. The molecular formula is C24H22N6O2. The van der Waals surface area contributed by atoms with Gasteiger partial charge in [-0.3, -0.25) is 5.10 Å². The lowest BCUT2D eigenvalue weighted by Crippen LogP contribution is -2.07. The van der Waals surface area contributed by atoms with Crippen molar-refractivity contribution in [3.05, 3.63) is 90.3 Å². The van der Waals surface area contributed by atoms with Crippen LogP contribution in [0, 0.1) is 0 Å². The van der Waals surface area contributed by atoms with Gasteiger partial charge in [0, 0.05) is 6.54 Å². The number of aryl methyl sites for hydroxylation is 2. The summed E-state index contributed by atoms with van der Waals surface area (Å²) in [5, 5.41) is 11.5. The van der Waals surface area contributed by atoms with Crippen LogP contribution >= 0.6 is 0 Å². The number of nitrogens with one attached hydrogen (secondary N) is 1. The van der Waals surface area contributed by atoms with E-state index in [2.05, 4.69) is 32.4 Å². The van der Waals surface area contributed by atoms with E-state index >= 15 is 0 Å². The van der Waals surface area contributed by atoms with E-state index in [1.54, 1.807) is 23.2 Å². The standard InChI is InChI=1S/C24H22N6O2/c25-22-20(23-27-24(29-28-23)21-7-4-14-31-21)15-26-30(22)13-12-17-8-10-19(11-9-17)32-16-18-5-2-1-3-6-18/h1-11,14-15H,12-13,16,25H2,(H,27,28,29). The highest BCUT2D eigenvalue weighted by molar-refractivity contribution is 5.68. The second-order valence-electron chi connectivity index (χ2n) is 7.32. The quantitative estimate of drug-likeness (QED) is 0.382. The monoisotopic (exact) mass is 426 g/mol. The fourth-order valence-electron chi connectivity index (χ4n) is 3.38. The van der Waals surface area contributed by atoms with Crippen LogP contribution < -0.4 is 10.5 Å². The molecule has 5 rings (SSSR count). The minimum atomic E-state index is 0.486. The molecule has 0 radical (unpaired) electrons. The molecule has 0 bridgehead atoms. The number of anilines is 1. The smallest absolute Gasteiger partial charge is 0.192 e. The zero-order valence-electron chi connectivity index (χ0n) is 17.3. The summed E-state index contributed by atoms with van der Waals surface area (Å²) in [7, 11) is 0. The predicted octanol–water partition coefficient (Wildman–Crippen LogP) is 4.33. The molecule has 3 N–H and O–H groups in total. The summed E-state index contributed by atoms with van der Waals surface area (Å²) in [5.74, 6) is 3.02. The van der Waals surface area contributed by atoms with Gasteiger partial charge in [0.05, 0.1) is 18.0 Å². The van der Waals surface area contributed by atoms with Gasteiger partial charge in [0.1, 0.15) is 18.2 Å². The molecule has 160 valence electrons. The lowest BCUT2D eigenvalue weighted by atomic mass is 10.1. The van der Waals surface area contributed by atoms with Crippen LogP contribution in [0.2, 0.25) is 0 Å². The first kappa shape index (κ1) is 19.6. The maximum Gasteiger partial charge on any atom is 0.192 e. The van der Waals surface area contributed by atoms with Gasteiger partial charge in [0.25, 0.3) is 0 Å². The third kappa shape index (κ3) is 4.24. The molecule has 3 aromatic heterocycles. The predicted molar refractivity (Wildman–Crippen MR) is 121 cm³/mol. The number of hydrogen-bond acceptors (Lipinski definition) is 6. The summed E-state index contributed by atoms with van der Waals surface area (Å²) >= 11 is 0. The van der Waals surface area contributed by atoms with Gasteiger partial charge in [-0.1, -0.05) is 42.5 Å². The Morgan fingerprint density at radius 1 is 0.969 bits per heavy atom. The fourth-order valence-corrected chi connectivity index (χ4v) is 3.38. The van der Waals surface area contributed by atoms with Gasteiger partial charge in [-0.05, 0) is 41.8 Å². The zero-order valence-corrected chi connectivity index (χ0v) is 17.3. The highest BCUT2D eigenvalue weighted by atomic mass is 16.5. The SMILES string of the molecule is Nc1c(-c2n[nH]c(-c3ccco3)n2)cnn1CCc1ccc(OCc2ccccc2)cc1. The van der Waals surface area contributed by atoms with Crippen molar-refractivity contribution in [2.24, 2.45) is 0 Å². The molecule has 2 aromatic carbocycles. The second-order valence-corrected chi connectivity index (χ2v) is 7.32. The minimum Gasteiger partial charge on any atom is -0.489 e. The molecular weight excluding hydrogens is 404 g/mol. The molecule has 0 aliphatic rings. The van der Waals surface area contributed by atoms with E-state index in [1.807, 2.05) is 48.5 Å². The molecule has 32 heavy (non-hydrogen) atoms. The minimum absolute atomic E-state index is 0.486. The fraction of sp³-hybridized carbons (Fsp3) is 0.125. The molecule has 0 fully saturated rings. The molecule has 0 saturated carbocycles. The molecule has 3 heterocycles. The maximum absolute atomic E-state index is 6.31. The van der Waals surface area contributed by atoms with E-state index in [1.165, 1.54) is 5.56 Å². The first-order valence-corrected chi connectivity index (χ1v) is 10.3. The Morgan fingerprint density at radius 3 is 2.59 bits per heavy atom. The largest absolute Gasteiger partial charge is 0.489 e. The zero-order chi connectivity index (χ0) is 21.8. The third-order valence-electron chi connectivity index (χ3n) is 5.15. The highest BCUT2D eigenvalue weighted by Gasteiger charge is 2.16. The second kappa shape index (κ2) is 8.81. The third-order valence-corrected chi connectivity index (χ3v) is 5.15. The van der Waals surface area contributed by atoms with Gasteiger partial charge in [-0.2, -0.15) is 10.2 Å². The van der Waals surface area contributed by atoms with Crippen LogP contribution in [0.5, 0.6) is 5.75 Å². The molecule has 0 atom stereocenters. The van der Waals surface area contributed by atoms with Gasteiger partial charge in [-0.15, -0.1) is 0 Å². The van der Waals surface area contributed by atoms with Crippen molar-refractivity contribution in [2.75, 3.05) is 5.73 Å². The lowest BCUT2D eigenvalue weighted by molar-refractivity contribution is 0.306. The molecule has 8 nitrogen and oxygen atoms in total. The van der Waals surface area contributed by atoms with Crippen LogP contribution in [-0.2, 0) is 19.6 Å². The van der Waals surface area contributed by atoms with Crippen molar-refractivity contribution >= 4 is 5.82 Å². The van der Waals surface area contributed by atoms with E-state index in [9.17, 15) is 0 Å². The van der Waals surface area contributed by atoms with E-state index in [-0.39, 0.29) is 0 Å². The summed E-state index contributed by atoms with van der Waals surface area (Å²) in [4.78, 5) is 4.46. The average molecular weight is 426 g/mol. The van der Waals surface area contributed by atoms with Gasteiger partial charge in [-0.25, -0.2) is 9.67 Å². The van der Waals surface area contributed by atoms with Gasteiger partial charge < -0.3 is 14.9 Å². The molecule has 0 saturated heterocycles. The van der Waals surface area contributed by atoms with E-state index in [4.69, 9.17) is 14.9 Å². The number of nitrogens with two attached hydrogens (primary N) is 1. The van der Waals surface area contributed by atoms with Gasteiger partial charge in [0.2, 0.25) is 0 Å². The number of ether oxygens (including phenoxy) is 1. The summed E-state index contributed by atoms with van der Waals surface area (Å²) in [6, 6.07) is 21.8. The molecule has 5 aromatic rings. The van der Waals surface area contributed by atoms with E-state index in [0.717, 1.165) is 17.7 Å². The molecule has 0 spiro atoms. The Hall–Kier alpha value is -4.33. The highest BCUT2D eigenvalue weighted by Crippen LogP contribution is 2.25. The lowest BCUT2D eigenvalue weighted by Gasteiger charge is -2.08. The van der Waals surface area contributed by atoms with Crippen molar-refractivity contribution in [1.29, 1.82) is 0 Å². The summed E-state index contributed by atoms with van der Waals surface area (Å²) < 4.78 is 13.0. The van der Waals surface area contributed by atoms with Crippen LogP contribution in [0.4, 0.5) is 5.82 Å². The maximum atomic E-state index is 6.31. The van der Waals surface area contributed by atoms with Crippen molar-refractivity contribution < 1.29 is 9.15 Å². The number of benzene rings is 2. The van der Waals surface area contributed by atoms with Crippen LogP contribution in [0.3, 0.4) is 0 Å². The van der Waals surface area contributed by atoms with Gasteiger partial charge >= 0.3 is 0 Å². The number of furan rings is 1. The normalized spacial score (nSPS) is 11.0. The number of H-pyrrole nitrogens is 1. The molecule has 0 aliphatic carbocycles. The molecule has 0 amide bonds. The number of nitrogen functional groups attached to an aromatic ring is 1. The average Bonchev–Trinajstić information content (AvgIpc) is 3.59. The van der Waals surface area contributed by atoms with Gasteiger partial charge in [0.15, 0.2) is 17.4 Å². The van der Waals surface area contributed by atoms with Crippen molar-refractivity contribution in [3.63, 3.8) is 0 Å². The Labute approximate surface area is 184 Å². The molecule has 0 unspecified atom stereocenters. The topological polar surface area (TPSA) is 108 Å².